The van der Waals surface area contributed by atoms with Crippen LogP contribution in [0.3, 0.4) is 0 Å². The van der Waals surface area contributed by atoms with Crippen molar-refractivity contribution in [2.24, 2.45) is 0 Å². The monoisotopic (exact) mass is 312 g/mol. The molecule has 0 unspecified atom stereocenters. The van der Waals surface area contributed by atoms with Crippen LogP contribution in [0.4, 0.5) is 13.6 Å². The molecule has 0 aliphatic carbocycles. The summed E-state index contributed by atoms with van der Waals surface area (Å²) in [4.78, 5) is 13.9. The lowest BCUT2D eigenvalue weighted by Gasteiger charge is -2.37. The molecular formula is C16H22F2N2O2. The van der Waals surface area contributed by atoms with Crippen molar-refractivity contribution in [3.05, 3.63) is 35.4 Å². The Balaban J connectivity index is 2.11. The number of hydrogen-bond acceptors (Lipinski definition) is 3. The Morgan fingerprint density at radius 3 is 2.55 bits per heavy atom. The number of benzene rings is 1. The highest BCUT2D eigenvalue weighted by molar-refractivity contribution is 5.68. The summed E-state index contributed by atoms with van der Waals surface area (Å²) in [7, 11) is 0. The number of piperazine rings is 1. The van der Waals surface area contributed by atoms with E-state index in [4.69, 9.17) is 4.74 Å². The maximum Gasteiger partial charge on any atom is 0.410 e. The van der Waals surface area contributed by atoms with E-state index in [1.807, 2.05) is 20.8 Å². The highest BCUT2D eigenvalue weighted by Crippen LogP contribution is 2.17. The van der Waals surface area contributed by atoms with Gasteiger partial charge in [0.1, 0.15) is 17.2 Å². The van der Waals surface area contributed by atoms with Gasteiger partial charge in [0.05, 0.1) is 6.04 Å². The molecule has 122 valence electrons. The number of rotatable bonds is 2. The van der Waals surface area contributed by atoms with E-state index in [0.717, 1.165) is 6.07 Å². The molecule has 1 N–H and O–H groups in total. The number of amides is 1. The van der Waals surface area contributed by atoms with Gasteiger partial charge in [0.2, 0.25) is 0 Å². The van der Waals surface area contributed by atoms with Gasteiger partial charge in [-0.25, -0.2) is 13.6 Å². The first-order valence-electron chi connectivity index (χ1n) is 7.40. The molecule has 0 aromatic heterocycles. The summed E-state index contributed by atoms with van der Waals surface area (Å²) in [5.41, 5.74) is -0.0444. The second kappa shape index (κ2) is 6.60. The van der Waals surface area contributed by atoms with Crippen LogP contribution >= 0.6 is 0 Å². The Bertz CT molecular complexity index is 523. The van der Waals surface area contributed by atoms with Crippen LogP contribution in [0.1, 0.15) is 26.3 Å². The van der Waals surface area contributed by atoms with Gasteiger partial charge in [0.15, 0.2) is 0 Å². The van der Waals surface area contributed by atoms with E-state index < -0.39 is 23.3 Å². The molecule has 6 heteroatoms. The topological polar surface area (TPSA) is 41.6 Å². The fourth-order valence-electron chi connectivity index (χ4n) is 2.51. The number of carbonyl (C=O) groups excluding carboxylic acids is 1. The first kappa shape index (κ1) is 16.7. The van der Waals surface area contributed by atoms with E-state index in [9.17, 15) is 13.6 Å². The summed E-state index contributed by atoms with van der Waals surface area (Å²) in [6.07, 6.45) is -0.0168. The van der Waals surface area contributed by atoms with E-state index >= 15 is 0 Å². The Kier molecular flexibility index (Phi) is 5.01. The summed E-state index contributed by atoms with van der Waals surface area (Å²) in [5.74, 6) is -1.22. The van der Waals surface area contributed by atoms with Crippen molar-refractivity contribution >= 4 is 6.09 Å². The molecule has 1 aliphatic heterocycles. The lowest BCUT2D eigenvalue weighted by Crippen LogP contribution is -2.55. The number of hydrogen-bond donors (Lipinski definition) is 1. The molecule has 0 radical (unpaired) electrons. The summed E-state index contributed by atoms with van der Waals surface area (Å²) < 4.78 is 32.0. The molecule has 1 aromatic carbocycles. The van der Waals surface area contributed by atoms with Crippen molar-refractivity contribution in [2.75, 3.05) is 19.6 Å². The molecule has 1 aromatic rings. The molecule has 1 amide bonds. The van der Waals surface area contributed by atoms with Crippen molar-refractivity contribution in [3.63, 3.8) is 0 Å². The zero-order valence-electron chi connectivity index (χ0n) is 13.2. The van der Waals surface area contributed by atoms with Crippen LogP contribution in [-0.2, 0) is 11.2 Å². The number of carbonyl (C=O) groups is 1. The van der Waals surface area contributed by atoms with Gasteiger partial charge >= 0.3 is 6.09 Å². The Hall–Kier alpha value is -1.69. The molecule has 0 spiro atoms. The third-order valence-electron chi connectivity index (χ3n) is 3.37. The summed E-state index contributed by atoms with van der Waals surface area (Å²) in [6.45, 7) is 7.18. The molecular weight excluding hydrogens is 290 g/mol. The van der Waals surface area contributed by atoms with Gasteiger partial charge in [0.25, 0.3) is 0 Å². The highest BCUT2D eigenvalue weighted by Gasteiger charge is 2.30. The maximum absolute atomic E-state index is 13.3. The molecule has 2 rings (SSSR count). The van der Waals surface area contributed by atoms with E-state index in [0.29, 0.717) is 31.6 Å². The van der Waals surface area contributed by atoms with Crippen LogP contribution in [0, 0.1) is 11.6 Å². The molecule has 0 bridgehead atoms. The molecule has 1 heterocycles. The smallest absolute Gasteiger partial charge is 0.410 e. The Morgan fingerprint density at radius 2 is 1.95 bits per heavy atom. The van der Waals surface area contributed by atoms with Crippen molar-refractivity contribution in [3.8, 4) is 0 Å². The van der Waals surface area contributed by atoms with Gasteiger partial charge in [-0.1, -0.05) is 0 Å². The molecule has 1 aliphatic rings. The number of nitrogens with one attached hydrogen (secondary N) is 1. The van der Waals surface area contributed by atoms with Crippen LogP contribution in [0.5, 0.6) is 0 Å². The number of ether oxygens (including phenoxy) is 1. The second-order valence-corrected chi connectivity index (χ2v) is 6.51. The van der Waals surface area contributed by atoms with Crippen LogP contribution in [0.2, 0.25) is 0 Å². The first-order valence-corrected chi connectivity index (χ1v) is 7.40. The van der Waals surface area contributed by atoms with Crippen LogP contribution < -0.4 is 5.32 Å². The minimum atomic E-state index is -0.609. The highest BCUT2D eigenvalue weighted by atomic mass is 19.1. The number of halogens is 2. The molecule has 22 heavy (non-hydrogen) atoms. The predicted molar refractivity (Wildman–Crippen MR) is 79.7 cm³/mol. The summed E-state index contributed by atoms with van der Waals surface area (Å²) in [5, 5.41) is 3.20. The maximum atomic E-state index is 13.3. The van der Waals surface area contributed by atoms with E-state index in [1.54, 1.807) is 4.90 Å². The molecule has 1 atom stereocenters. The van der Waals surface area contributed by atoms with Gasteiger partial charge < -0.3 is 15.0 Å². The minimum Gasteiger partial charge on any atom is -0.444 e. The van der Waals surface area contributed by atoms with Crippen molar-refractivity contribution in [1.29, 1.82) is 0 Å². The van der Waals surface area contributed by atoms with Gasteiger partial charge in [0, 0.05) is 25.7 Å². The van der Waals surface area contributed by atoms with Gasteiger partial charge in [-0.05, 0) is 44.9 Å². The van der Waals surface area contributed by atoms with Crippen LogP contribution in [0.25, 0.3) is 0 Å². The normalized spacial score (nSPS) is 19.1. The third-order valence-corrected chi connectivity index (χ3v) is 3.37. The lowest BCUT2D eigenvalue weighted by atomic mass is 10.0. The minimum absolute atomic E-state index is 0.190. The van der Waals surface area contributed by atoms with E-state index in [-0.39, 0.29) is 6.04 Å². The molecule has 1 fully saturated rings. The van der Waals surface area contributed by atoms with Gasteiger partial charge in [-0.15, -0.1) is 0 Å². The quantitative estimate of drug-likeness (QED) is 0.913. The van der Waals surface area contributed by atoms with Crippen molar-refractivity contribution in [1.82, 2.24) is 10.2 Å². The van der Waals surface area contributed by atoms with E-state index in [2.05, 4.69) is 5.32 Å². The zero-order valence-corrected chi connectivity index (χ0v) is 13.2. The largest absolute Gasteiger partial charge is 0.444 e. The lowest BCUT2D eigenvalue weighted by molar-refractivity contribution is 0.0122. The van der Waals surface area contributed by atoms with Crippen molar-refractivity contribution in [2.45, 2.75) is 38.8 Å². The molecule has 1 saturated heterocycles. The summed E-state index contributed by atoms with van der Waals surface area (Å²) >= 11 is 0. The standard InChI is InChI=1S/C16H22F2N2O2/c1-16(2,3)22-15(21)20-5-4-19-10-14(20)8-11-6-12(17)9-13(18)7-11/h6-7,9,14,19H,4-5,8,10H2,1-3H3/t14-/m0/s1. The van der Waals surface area contributed by atoms with Crippen LogP contribution in [0.15, 0.2) is 18.2 Å². The third kappa shape index (κ3) is 4.66. The van der Waals surface area contributed by atoms with Gasteiger partial charge in [-0.3, -0.25) is 0 Å². The average molecular weight is 312 g/mol. The SMILES string of the molecule is CC(C)(C)OC(=O)N1CCNC[C@@H]1Cc1cc(F)cc(F)c1. The first-order chi connectivity index (χ1) is 10.2. The summed E-state index contributed by atoms with van der Waals surface area (Å²) in [6, 6.07) is 3.24. The zero-order chi connectivity index (χ0) is 16.3. The predicted octanol–water partition coefficient (Wildman–Crippen LogP) is 2.72. The molecule has 0 saturated carbocycles. The molecule has 4 nitrogen and oxygen atoms in total. The Labute approximate surface area is 129 Å². The van der Waals surface area contributed by atoms with Crippen LogP contribution in [-0.4, -0.2) is 42.3 Å². The fourth-order valence-corrected chi connectivity index (χ4v) is 2.51. The van der Waals surface area contributed by atoms with E-state index in [1.165, 1.54) is 12.1 Å². The number of nitrogens with zero attached hydrogens (tertiary/aromatic N) is 1. The second-order valence-electron chi connectivity index (χ2n) is 6.51. The average Bonchev–Trinajstić information content (AvgIpc) is 2.35. The van der Waals surface area contributed by atoms with Gasteiger partial charge in [-0.2, -0.15) is 0 Å². The fraction of sp³-hybridized carbons (Fsp3) is 0.562. The Morgan fingerprint density at radius 1 is 1.32 bits per heavy atom. The van der Waals surface area contributed by atoms with Crippen molar-refractivity contribution < 1.29 is 18.3 Å².